The standard InChI is InChI=1S/C27H34FN3O3/c1-3-34-26-13-11-21(18-23(26)28)25(17-19(2)32)31-16-15-30(27(31)33)14-6-8-22-12-10-20-7-4-5-9-24(20)29-22/h10-13,18,25H,3-9,14-17H2,1-2H3/t25-/m0/s1. The van der Waals surface area contributed by atoms with Gasteiger partial charge in [-0.25, -0.2) is 9.18 Å². The van der Waals surface area contributed by atoms with Crippen molar-refractivity contribution in [1.29, 1.82) is 0 Å². The summed E-state index contributed by atoms with van der Waals surface area (Å²) in [5.41, 5.74) is 4.32. The van der Waals surface area contributed by atoms with E-state index in [-0.39, 0.29) is 24.0 Å². The van der Waals surface area contributed by atoms with E-state index in [1.165, 1.54) is 37.1 Å². The van der Waals surface area contributed by atoms with Gasteiger partial charge in [0.05, 0.1) is 12.6 Å². The van der Waals surface area contributed by atoms with E-state index in [0.29, 0.717) is 31.8 Å². The summed E-state index contributed by atoms with van der Waals surface area (Å²) in [6, 6.07) is 8.45. The number of rotatable bonds is 10. The number of amides is 2. The van der Waals surface area contributed by atoms with Crippen LogP contribution in [0.1, 0.15) is 68.1 Å². The number of ether oxygens (including phenoxy) is 1. The predicted molar refractivity (Wildman–Crippen MR) is 128 cm³/mol. The Bertz CT molecular complexity index is 1040. The molecule has 0 saturated carbocycles. The van der Waals surface area contributed by atoms with Gasteiger partial charge in [-0.3, -0.25) is 9.78 Å². The minimum atomic E-state index is -0.484. The van der Waals surface area contributed by atoms with Crippen LogP contribution in [0.15, 0.2) is 30.3 Å². The van der Waals surface area contributed by atoms with Crippen LogP contribution in [0, 0.1) is 5.82 Å². The van der Waals surface area contributed by atoms with E-state index < -0.39 is 11.9 Å². The lowest BCUT2D eigenvalue weighted by Crippen LogP contribution is -2.36. The third-order valence-corrected chi connectivity index (χ3v) is 6.72. The lowest BCUT2D eigenvalue weighted by atomic mass is 9.95. The molecule has 1 aliphatic heterocycles. The second-order valence-electron chi connectivity index (χ2n) is 9.23. The number of halogens is 1. The summed E-state index contributed by atoms with van der Waals surface area (Å²) in [4.78, 5) is 33.6. The van der Waals surface area contributed by atoms with Crippen molar-refractivity contribution in [3.05, 3.63) is 58.7 Å². The van der Waals surface area contributed by atoms with Crippen LogP contribution in [0.25, 0.3) is 0 Å². The summed E-state index contributed by atoms with van der Waals surface area (Å²) in [6.45, 7) is 5.42. The number of nitrogens with zero attached hydrogens (tertiary/aromatic N) is 3. The van der Waals surface area contributed by atoms with Gasteiger partial charge in [0.15, 0.2) is 11.6 Å². The maximum Gasteiger partial charge on any atom is 0.320 e. The molecule has 2 aliphatic rings. The van der Waals surface area contributed by atoms with Gasteiger partial charge in [-0.15, -0.1) is 0 Å². The average molecular weight is 468 g/mol. The number of pyridine rings is 1. The fraction of sp³-hybridized carbons (Fsp3) is 0.519. The van der Waals surface area contributed by atoms with Gasteiger partial charge in [0.1, 0.15) is 5.78 Å². The largest absolute Gasteiger partial charge is 0.491 e. The summed E-state index contributed by atoms with van der Waals surface area (Å²) in [6.07, 6.45) is 6.47. The molecule has 1 fully saturated rings. The van der Waals surface area contributed by atoms with Crippen LogP contribution in [0.5, 0.6) is 5.75 Å². The number of hydrogen-bond donors (Lipinski definition) is 0. The highest BCUT2D eigenvalue weighted by molar-refractivity contribution is 5.80. The summed E-state index contributed by atoms with van der Waals surface area (Å²) in [5, 5.41) is 0. The Kier molecular flexibility index (Phi) is 7.80. The molecule has 2 heterocycles. The summed E-state index contributed by atoms with van der Waals surface area (Å²) in [7, 11) is 0. The minimum Gasteiger partial charge on any atom is -0.491 e. The van der Waals surface area contributed by atoms with Gasteiger partial charge in [0.2, 0.25) is 0 Å². The summed E-state index contributed by atoms with van der Waals surface area (Å²) in [5.74, 6) is -0.337. The Morgan fingerprint density at radius 2 is 2.00 bits per heavy atom. The number of carbonyl (C=O) groups is 2. The highest BCUT2D eigenvalue weighted by Gasteiger charge is 2.35. The molecule has 1 aliphatic carbocycles. The Balaban J connectivity index is 1.39. The van der Waals surface area contributed by atoms with Crippen LogP contribution in [0.4, 0.5) is 9.18 Å². The normalized spacial score (nSPS) is 16.5. The fourth-order valence-corrected chi connectivity index (χ4v) is 4.99. The molecular weight excluding hydrogens is 433 g/mol. The van der Waals surface area contributed by atoms with Gasteiger partial charge in [-0.1, -0.05) is 12.1 Å². The topological polar surface area (TPSA) is 62.7 Å². The molecule has 0 radical (unpaired) electrons. The lowest BCUT2D eigenvalue weighted by Gasteiger charge is -2.28. The molecule has 6 nitrogen and oxygen atoms in total. The lowest BCUT2D eigenvalue weighted by molar-refractivity contribution is -0.118. The van der Waals surface area contributed by atoms with E-state index in [1.807, 2.05) is 4.90 Å². The Hall–Kier alpha value is -2.96. The van der Waals surface area contributed by atoms with Crippen LogP contribution in [-0.2, 0) is 24.1 Å². The van der Waals surface area contributed by atoms with Crippen molar-refractivity contribution < 1.29 is 18.7 Å². The fourth-order valence-electron chi connectivity index (χ4n) is 4.99. The first-order valence-corrected chi connectivity index (χ1v) is 12.4. The highest BCUT2D eigenvalue weighted by atomic mass is 19.1. The van der Waals surface area contributed by atoms with Gasteiger partial charge in [0.25, 0.3) is 0 Å². The van der Waals surface area contributed by atoms with Gasteiger partial charge >= 0.3 is 6.03 Å². The maximum atomic E-state index is 14.5. The summed E-state index contributed by atoms with van der Waals surface area (Å²) < 4.78 is 19.8. The third kappa shape index (κ3) is 5.57. The van der Waals surface area contributed by atoms with Gasteiger partial charge in [0, 0.05) is 37.4 Å². The summed E-state index contributed by atoms with van der Waals surface area (Å²) >= 11 is 0. The second-order valence-corrected chi connectivity index (χ2v) is 9.23. The number of hydrogen-bond acceptors (Lipinski definition) is 4. The molecule has 1 aromatic carbocycles. The molecule has 0 bridgehead atoms. The van der Waals surface area contributed by atoms with Crippen molar-refractivity contribution in [3.8, 4) is 5.75 Å². The van der Waals surface area contributed by atoms with Crippen molar-refractivity contribution in [2.75, 3.05) is 26.2 Å². The highest BCUT2D eigenvalue weighted by Crippen LogP contribution is 2.31. The zero-order chi connectivity index (χ0) is 24.1. The van der Waals surface area contributed by atoms with Crippen LogP contribution in [-0.4, -0.2) is 52.8 Å². The number of benzene rings is 1. The molecule has 2 amide bonds. The van der Waals surface area contributed by atoms with E-state index in [1.54, 1.807) is 24.0 Å². The smallest absolute Gasteiger partial charge is 0.320 e. The molecule has 182 valence electrons. The van der Waals surface area contributed by atoms with Gasteiger partial charge < -0.3 is 14.5 Å². The van der Waals surface area contributed by atoms with Gasteiger partial charge in [-0.05, 0) is 81.7 Å². The van der Waals surface area contributed by atoms with E-state index in [0.717, 1.165) is 31.4 Å². The SMILES string of the molecule is CCOc1ccc([C@H](CC(C)=O)N2CCN(CCCc3ccc4c(n3)CCCC4)C2=O)cc1F. The van der Waals surface area contributed by atoms with Crippen LogP contribution >= 0.6 is 0 Å². The monoisotopic (exact) mass is 467 g/mol. The van der Waals surface area contributed by atoms with E-state index in [2.05, 4.69) is 12.1 Å². The van der Waals surface area contributed by atoms with Crippen molar-refractivity contribution in [3.63, 3.8) is 0 Å². The molecule has 2 aromatic rings. The van der Waals surface area contributed by atoms with Crippen molar-refractivity contribution in [2.24, 2.45) is 0 Å². The maximum absolute atomic E-state index is 14.5. The van der Waals surface area contributed by atoms with E-state index in [9.17, 15) is 14.0 Å². The zero-order valence-corrected chi connectivity index (χ0v) is 20.2. The first kappa shape index (κ1) is 24.2. The van der Waals surface area contributed by atoms with E-state index in [4.69, 9.17) is 9.72 Å². The molecule has 1 aromatic heterocycles. The van der Waals surface area contributed by atoms with E-state index >= 15 is 0 Å². The Morgan fingerprint density at radius 1 is 1.18 bits per heavy atom. The third-order valence-electron chi connectivity index (χ3n) is 6.72. The Morgan fingerprint density at radius 3 is 2.76 bits per heavy atom. The Labute approximate surface area is 201 Å². The number of aromatic nitrogens is 1. The first-order valence-electron chi connectivity index (χ1n) is 12.4. The molecule has 1 atom stereocenters. The number of ketones is 1. The van der Waals surface area contributed by atoms with Crippen molar-refractivity contribution >= 4 is 11.8 Å². The molecule has 34 heavy (non-hydrogen) atoms. The second kappa shape index (κ2) is 11.0. The van der Waals surface area contributed by atoms with Crippen molar-refractivity contribution in [2.45, 2.75) is 64.8 Å². The van der Waals surface area contributed by atoms with Gasteiger partial charge in [-0.2, -0.15) is 0 Å². The van der Waals surface area contributed by atoms with Crippen LogP contribution < -0.4 is 4.74 Å². The quantitative estimate of drug-likeness (QED) is 0.499. The molecule has 7 heteroatoms. The molecule has 0 spiro atoms. The number of carbonyl (C=O) groups excluding carboxylic acids is 2. The number of aryl methyl sites for hydroxylation is 3. The predicted octanol–water partition coefficient (Wildman–Crippen LogP) is 4.89. The number of urea groups is 1. The average Bonchev–Trinajstić information content (AvgIpc) is 3.18. The van der Waals surface area contributed by atoms with Crippen molar-refractivity contribution in [1.82, 2.24) is 14.8 Å². The van der Waals surface area contributed by atoms with Crippen LogP contribution in [0.3, 0.4) is 0 Å². The van der Waals surface area contributed by atoms with Crippen LogP contribution in [0.2, 0.25) is 0 Å². The number of fused-ring (bicyclic) bond motifs is 1. The minimum absolute atomic E-state index is 0.0379. The zero-order valence-electron chi connectivity index (χ0n) is 20.2. The first-order chi connectivity index (χ1) is 16.5. The molecule has 4 rings (SSSR count). The number of Topliss-reactive ketones (excluding diaryl/α,β-unsaturated/α-hetero) is 1. The molecule has 1 saturated heterocycles. The molecule has 0 N–H and O–H groups in total. The molecular formula is C27H34FN3O3. The molecule has 0 unspecified atom stereocenters.